The van der Waals surface area contributed by atoms with Gasteiger partial charge in [-0.3, -0.25) is 9.48 Å². The minimum Gasteiger partial charge on any atom is -0.333 e. The van der Waals surface area contributed by atoms with Crippen LogP contribution in [0.1, 0.15) is 56.7 Å². The normalized spacial score (nSPS) is 11.1. The third-order valence-corrected chi connectivity index (χ3v) is 3.85. The molecule has 0 aliphatic carbocycles. The summed E-state index contributed by atoms with van der Waals surface area (Å²) in [6.45, 7) is 9.57. The van der Waals surface area contributed by atoms with Gasteiger partial charge in [-0.2, -0.15) is 5.10 Å². The lowest BCUT2D eigenvalue weighted by Gasteiger charge is -2.30. The summed E-state index contributed by atoms with van der Waals surface area (Å²) in [4.78, 5) is 14.7. The molecule has 114 valence electrons. The summed E-state index contributed by atoms with van der Waals surface area (Å²) in [6.07, 6.45) is 2.73. The lowest BCUT2D eigenvalue weighted by Crippen LogP contribution is -2.41. The molecule has 1 amide bonds. The fourth-order valence-electron chi connectivity index (χ4n) is 2.47. The van der Waals surface area contributed by atoms with E-state index in [0.717, 1.165) is 25.0 Å². The second-order valence-electron chi connectivity index (χ2n) is 4.85. The van der Waals surface area contributed by atoms with Gasteiger partial charge in [-0.15, -0.1) is 11.6 Å². The fraction of sp³-hybridized carbons (Fsp3) is 0.733. The molecule has 0 atom stereocenters. The van der Waals surface area contributed by atoms with Crippen LogP contribution in [-0.4, -0.2) is 39.1 Å². The molecule has 1 aromatic heterocycles. The Morgan fingerprint density at radius 3 is 2.45 bits per heavy atom. The maximum Gasteiger partial charge on any atom is 0.272 e. The zero-order valence-electron chi connectivity index (χ0n) is 13.0. The molecular formula is C15H26ClN3O. The minimum atomic E-state index is 0.0494. The lowest BCUT2D eigenvalue weighted by molar-refractivity contribution is 0.0669. The molecule has 0 unspecified atom stereocenters. The lowest BCUT2D eigenvalue weighted by atomic mass is 10.1. The van der Waals surface area contributed by atoms with Crippen molar-refractivity contribution in [1.82, 2.24) is 14.7 Å². The Hall–Kier alpha value is -1.03. The van der Waals surface area contributed by atoms with Crippen LogP contribution in [0.5, 0.6) is 0 Å². The number of rotatable bonds is 8. The first-order valence-electron chi connectivity index (χ1n) is 7.56. The van der Waals surface area contributed by atoms with Crippen LogP contribution in [0.25, 0.3) is 0 Å². The Balaban J connectivity index is 3.07. The van der Waals surface area contributed by atoms with Gasteiger partial charge in [-0.05, 0) is 32.3 Å². The zero-order valence-corrected chi connectivity index (χ0v) is 13.8. The summed E-state index contributed by atoms with van der Waals surface area (Å²) >= 11 is 5.88. The quantitative estimate of drug-likeness (QED) is 0.691. The van der Waals surface area contributed by atoms with Gasteiger partial charge in [0, 0.05) is 25.0 Å². The summed E-state index contributed by atoms with van der Waals surface area (Å²) in [5.74, 6) is 0.511. The van der Waals surface area contributed by atoms with E-state index in [1.165, 1.54) is 0 Å². The topological polar surface area (TPSA) is 38.1 Å². The van der Waals surface area contributed by atoms with Crippen LogP contribution >= 0.6 is 11.6 Å². The fourth-order valence-corrected chi connectivity index (χ4v) is 2.66. The highest BCUT2D eigenvalue weighted by molar-refractivity contribution is 6.18. The van der Waals surface area contributed by atoms with Crippen LogP contribution < -0.4 is 0 Å². The number of alkyl halides is 1. The van der Waals surface area contributed by atoms with Gasteiger partial charge >= 0.3 is 0 Å². The van der Waals surface area contributed by atoms with Crippen molar-refractivity contribution in [2.24, 2.45) is 0 Å². The molecule has 0 spiro atoms. The van der Waals surface area contributed by atoms with Crippen molar-refractivity contribution >= 4 is 17.5 Å². The van der Waals surface area contributed by atoms with E-state index in [1.807, 2.05) is 24.8 Å². The van der Waals surface area contributed by atoms with E-state index >= 15 is 0 Å². The standard InChI is InChI=1S/C15H26ClN3O/c1-5-12-11-14(19(8-4)17-12)15(20)18(10-9-16)13(6-2)7-3/h11,13H,5-10H2,1-4H3. The van der Waals surface area contributed by atoms with Crippen molar-refractivity contribution in [2.45, 2.75) is 59.5 Å². The van der Waals surface area contributed by atoms with E-state index in [4.69, 9.17) is 11.6 Å². The molecule has 0 bridgehead atoms. The van der Waals surface area contributed by atoms with Crippen molar-refractivity contribution in [3.8, 4) is 0 Å². The average Bonchev–Trinajstić information content (AvgIpc) is 2.90. The number of aryl methyl sites for hydroxylation is 2. The number of hydrogen-bond acceptors (Lipinski definition) is 2. The van der Waals surface area contributed by atoms with Crippen LogP contribution in [0.4, 0.5) is 0 Å². The van der Waals surface area contributed by atoms with Crippen molar-refractivity contribution < 1.29 is 4.79 Å². The molecule has 0 aliphatic rings. The summed E-state index contributed by atoms with van der Waals surface area (Å²) in [7, 11) is 0. The highest BCUT2D eigenvalue weighted by atomic mass is 35.5. The predicted molar refractivity (Wildman–Crippen MR) is 83.4 cm³/mol. The van der Waals surface area contributed by atoms with Gasteiger partial charge in [0.1, 0.15) is 5.69 Å². The summed E-state index contributed by atoms with van der Waals surface area (Å²) < 4.78 is 1.80. The van der Waals surface area contributed by atoms with Crippen LogP contribution in [0.3, 0.4) is 0 Å². The van der Waals surface area contributed by atoms with Gasteiger partial charge in [-0.25, -0.2) is 0 Å². The van der Waals surface area contributed by atoms with Gasteiger partial charge in [-0.1, -0.05) is 20.8 Å². The van der Waals surface area contributed by atoms with E-state index in [0.29, 0.717) is 24.7 Å². The van der Waals surface area contributed by atoms with E-state index in [9.17, 15) is 4.79 Å². The number of hydrogen-bond donors (Lipinski definition) is 0. The molecule has 0 aliphatic heterocycles. The summed E-state index contributed by atoms with van der Waals surface area (Å²) in [5, 5.41) is 4.46. The monoisotopic (exact) mass is 299 g/mol. The van der Waals surface area contributed by atoms with Crippen LogP contribution in [0.2, 0.25) is 0 Å². The Bertz CT molecular complexity index is 427. The maximum atomic E-state index is 12.8. The van der Waals surface area contributed by atoms with E-state index in [2.05, 4.69) is 18.9 Å². The Labute approximate surface area is 127 Å². The molecule has 1 heterocycles. The van der Waals surface area contributed by atoms with Gasteiger partial charge in [0.25, 0.3) is 5.91 Å². The van der Waals surface area contributed by atoms with Crippen LogP contribution in [-0.2, 0) is 13.0 Å². The van der Waals surface area contributed by atoms with Crippen molar-refractivity contribution in [3.05, 3.63) is 17.5 Å². The predicted octanol–water partition coefficient (Wildman–Crippen LogP) is 3.34. The summed E-state index contributed by atoms with van der Waals surface area (Å²) in [5.41, 5.74) is 1.65. The molecule has 0 radical (unpaired) electrons. The van der Waals surface area contributed by atoms with E-state index in [1.54, 1.807) is 4.68 Å². The number of carbonyl (C=O) groups excluding carboxylic acids is 1. The van der Waals surface area contributed by atoms with Crippen molar-refractivity contribution in [3.63, 3.8) is 0 Å². The largest absolute Gasteiger partial charge is 0.333 e. The molecule has 0 saturated carbocycles. The Morgan fingerprint density at radius 2 is 2.00 bits per heavy atom. The van der Waals surface area contributed by atoms with Crippen molar-refractivity contribution in [1.29, 1.82) is 0 Å². The third kappa shape index (κ3) is 3.75. The van der Waals surface area contributed by atoms with Crippen LogP contribution in [0.15, 0.2) is 6.07 Å². The smallest absolute Gasteiger partial charge is 0.272 e. The van der Waals surface area contributed by atoms with Gasteiger partial charge < -0.3 is 4.90 Å². The Kier molecular flexibility index (Phi) is 7.06. The molecule has 1 rings (SSSR count). The van der Waals surface area contributed by atoms with Crippen molar-refractivity contribution in [2.75, 3.05) is 12.4 Å². The molecule has 0 N–H and O–H groups in total. The molecule has 1 aromatic rings. The number of aromatic nitrogens is 2. The second kappa shape index (κ2) is 8.30. The third-order valence-electron chi connectivity index (χ3n) is 3.68. The van der Waals surface area contributed by atoms with E-state index in [-0.39, 0.29) is 11.9 Å². The second-order valence-corrected chi connectivity index (χ2v) is 5.23. The van der Waals surface area contributed by atoms with Gasteiger partial charge in [0.2, 0.25) is 0 Å². The molecule has 0 fully saturated rings. The molecule has 20 heavy (non-hydrogen) atoms. The Morgan fingerprint density at radius 1 is 1.35 bits per heavy atom. The molecular weight excluding hydrogens is 274 g/mol. The first-order chi connectivity index (χ1) is 9.62. The highest BCUT2D eigenvalue weighted by Gasteiger charge is 2.25. The van der Waals surface area contributed by atoms with E-state index < -0.39 is 0 Å². The van der Waals surface area contributed by atoms with Gasteiger partial charge in [0.15, 0.2) is 0 Å². The molecule has 0 saturated heterocycles. The first kappa shape index (κ1) is 17.0. The number of halogens is 1. The molecule has 5 heteroatoms. The van der Waals surface area contributed by atoms with Gasteiger partial charge in [0.05, 0.1) is 5.69 Å². The number of amides is 1. The minimum absolute atomic E-state index is 0.0494. The van der Waals surface area contributed by atoms with Crippen LogP contribution in [0, 0.1) is 0 Å². The highest BCUT2D eigenvalue weighted by Crippen LogP contribution is 2.15. The first-order valence-corrected chi connectivity index (χ1v) is 8.09. The average molecular weight is 300 g/mol. The number of nitrogens with zero attached hydrogens (tertiary/aromatic N) is 3. The SMILES string of the molecule is CCc1cc(C(=O)N(CCCl)C(CC)CC)n(CC)n1. The summed E-state index contributed by atoms with van der Waals surface area (Å²) in [6, 6.07) is 2.15. The molecule has 4 nitrogen and oxygen atoms in total. The maximum absolute atomic E-state index is 12.8. The zero-order chi connectivity index (χ0) is 15.1. The number of carbonyl (C=O) groups is 1. The molecule has 0 aromatic carbocycles.